The Hall–Kier alpha value is -1.14. The zero-order valence-corrected chi connectivity index (χ0v) is 16.6. The van der Waals surface area contributed by atoms with Crippen LogP contribution < -0.4 is 5.32 Å². The van der Waals surface area contributed by atoms with Crippen molar-refractivity contribution < 1.29 is 24.9 Å². The molecule has 0 aromatic rings. The van der Waals surface area contributed by atoms with Crippen molar-refractivity contribution in [1.82, 2.24) is 5.32 Å². The van der Waals surface area contributed by atoms with Crippen molar-refractivity contribution in [3.05, 3.63) is 0 Å². The lowest BCUT2D eigenvalue weighted by molar-refractivity contribution is -0.140. The van der Waals surface area contributed by atoms with E-state index in [1.54, 1.807) is 0 Å². The van der Waals surface area contributed by atoms with Gasteiger partial charge in [0.15, 0.2) is 0 Å². The Kier molecular flexibility index (Phi) is 14.3. The normalized spacial score (nSPS) is 14.7. The number of hydrogen-bond donors (Lipinski definition) is 4. The first-order chi connectivity index (χ1) is 12.3. The summed E-state index contributed by atoms with van der Waals surface area (Å²) in [5, 5.41) is 31.6. The molecule has 4 N–H and O–H groups in total. The Bertz CT molecular complexity index is 388. The monoisotopic (exact) mass is 373 g/mol. The molecule has 0 aromatic carbocycles. The Labute approximate surface area is 158 Å². The number of carboxylic acids is 2. The minimum absolute atomic E-state index is 0.175. The molecule has 0 spiro atoms. The summed E-state index contributed by atoms with van der Waals surface area (Å²) in [6.45, 7) is 4.63. The third kappa shape index (κ3) is 13.1. The van der Waals surface area contributed by atoms with Crippen LogP contribution in [0.3, 0.4) is 0 Å². The van der Waals surface area contributed by atoms with E-state index >= 15 is 0 Å². The van der Waals surface area contributed by atoms with Crippen LogP contribution in [0.5, 0.6) is 0 Å². The van der Waals surface area contributed by atoms with Crippen LogP contribution in [0.1, 0.15) is 97.3 Å². The molecule has 0 aliphatic heterocycles. The quantitative estimate of drug-likeness (QED) is 0.271. The SMILES string of the molecule is CCCCCCC(O)(CC)CCNC(CCCCCCC(=O)O)C(=O)O. The molecule has 0 heterocycles. The van der Waals surface area contributed by atoms with Crippen LogP contribution in [0.4, 0.5) is 0 Å². The Balaban J connectivity index is 4.06. The molecular formula is C20H39NO5. The number of carbonyl (C=O) groups is 2. The van der Waals surface area contributed by atoms with Crippen molar-refractivity contribution in [2.45, 2.75) is 109 Å². The van der Waals surface area contributed by atoms with Crippen LogP contribution in [0.2, 0.25) is 0 Å². The molecule has 0 amide bonds. The second kappa shape index (κ2) is 15.0. The molecule has 154 valence electrons. The lowest BCUT2D eigenvalue weighted by Gasteiger charge is -2.28. The zero-order chi connectivity index (χ0) is 19.8. The van der Waals surface area contributed by atoms with Crippen LogP contribution in [0.25, 0.3) is 0 Å². The van der Waals surface area contributed by atoms with Gasteiger partial charge in [-0.25, -0.2) is 0 Å². The molecule has 2 atom stereocenters. The molecule has 0 fully saturated rings. The number of nitrogens with one attached hydrogen (secondary N) is 1. The molecule has 0 saturated carbocycles. The number of rotatable bonds is 18. The molecule has 26 heavy (non-hydrogen) atoms. The van der Waals surface area contributed by atoms with E-state index in [1.807, 2.05) is 6.92 Å². The summed E-state index contributed by atoms with van der Waals surface area (Å²) in [7, 11) is 0. The van der Waals surface area contributed by atoms with E-state index in [4.69, 9.17) is 5.11 Å². The van der Waals surface area contributed by atoms with Crippen LogP contribution in [0.15, 0.2) is 0 Å². The van der Waals surface area contributed by atoms with E-state index in [0.29, 0.717) is 32.2 Å². The molecule has 0 aromatic heterocycles. The second-order valence-electron chi connectivity index (χ2n) is 7.33. The van der Waals surface area contributed by atoms with Crippen molar-refractivity contribution in [2.75, 3.05) is 6.54 Å². The van der Waals surface area contributed by atoms with Gasteiger partial charge in [0, 0.05) is 6.42 Å². The lowest BCUT2D eigenvalue weighted by Crippen LogP contribution is -2.40. The van der Waals surface area contributed by atoms with Gasteiger partial charge in [-0.05, 0) is 38.6 Å². The topological polar surface area (TPSA) is 107 Å². The average molecular weight is 374 g/mol. The lowest BCUT2D eigenvalue weighted by atomic mass is 9.89. The van der Waals surface area contributed by atoms with Gasteiger partial charge in [0.25, 0.3) is 0 Å². The number of aliphatic hydroxyl groups is 1. The Morgan fingerprint density at radius 1 is 0.923 bits per heavy atom. The van der Waals surface area contributed by atoms with E-state index in [-0.39, 0.29) is 6.42 Å². The molecule has 0 aliphatic rings. The van der Waals surface area contributed by atoms with Gasteiger partial charge in [-0.2, -0.15) is 0 Å². The minimum atomic E-state index is -0.862. The van der Waals surface area contributed by atoms with E-state index in [0.717, 1.165) is 38.5 Å². The van der Waals surface area contributed by atoms with Crippen molar-refractivity contribution >= 4 is 11.9 Å². The van der Waals surface area contributed by atoms with Gasteiger partial charge in [0.1, 0.15) is 6.04 Å². The standard InChI is InChI=1S/C20H39NO5/c1-3-5-6-11-14-20(26,4-2)15-16-21-17(19(24)25)12-9-7-8-10-13-18(22)23/h17,21,26H,3-16H2,1-2H3,(H,22,23)(H,24,25). The van der Waals surface area contributed by atoms with Gasteiger partial charge in [-0.15, -0.1) is 0 Å². The summed E-state index contributed by atoms with van der Waals surface area (Å²) >= 11 is 0. The van der Waals surface area contributed by atoms with E-state index in [1.165, 1.54) is 12.8 Å². The highest BCUT2D eigenvalue weighted by Crippen LogP contribution is 2.23. The number of carboxylic acid groups (broad SMARTS) is 2. The van der Waals surface area contributed by atoms with E-state index in [2.05, 4.69) is 12.2 Å². The van der Waals surface area contributed by atoms with Crippen LogP contribution in [0, 0.1) is 0 Å². The Morgan fingerprint density at radius 2 is 1.58 bits per heavy atom. The van der Waals surface area contributed by atoms with Gasteiger partial charge >= 0.3 is 11.9 Å². The second-order valence-corrected chi connectivity index (χ2v) is 7.33. The zero-order valence-electron chi connectivity index (χ0n) is 16.6. The smallest absolute Gasteiger partial charge is 0.320 e. The molecule has 0 radical (unpaired) electrons. The molecule has 0 aliphatic carbocycles. The summed E-state index contributed by atoms with van der Waals surface area (Å²) in [6.07, 6.45) is 10.3. The van der Waals surface area contributed by atoms with Crippen molar-refractivity contribution in [3.63, 3.8) is 0 Å². The maximum atomic E-state index is 11.4. The average Bonchev–Trinajstić information content (AvgIpc) is 2.59. The first-order valence-corrected chi connectivity index (χ1v) is 10.2. The first kappa shape index (κ1) is 24.9. The minimum Gasteiger partial charge on any atom is -0.481 e. The van der Waals surface area contributed by atoms with Gasteiger partial charge in [0.2, 0.25) is 0 Å². The van der Waals surface area contributed by atoms with Gasteiger partial charge in [0.05, 0.1) is 5.60 Å². The van der Waals surface area contributed by atoms with Crippen molar-refractivity contribution in [2.24, 2.45) is 0 Å². The summed E-state index contributed by atoms with van der Waals surface area (Å²) in [5.41, 5.74) is -0.708. The van der Waals surface area contributed by atoms with Crippen molar-refractivity contribution in [1.29, 1.82) is 0 Å². The molecule has 6 nitrogen and oxygen atoms in total. The largest absolute Gasteiger partial charge is 0.481 e. The molecule has 0 bridgehead atoms. The fourth-order valence-electron chi connectivity index (χ4n) is 3.13. The van der Waals surface area contributed by atoms with Gasteiger partial charge in [-0.1, -0.05) is 58.8 Å². The fraction of sp³-hybridized carbons (Fsp3) is 0.900. The number of aliphatic carboxylic acids is 2. The molecule has 0 rings (SSSR count). The summed E-state index contributed by atoms with van der Waals surface area (Å²) in [6, 6.07) is -0.601. The van der Waals surface area contributed by atoms with Crippen LogP contribution in [-0.4, -0.2) is 45.4 Å². The number of hydrogen-bond acceptors (Lipinski definition) is 4. The molecule has 6 heteroatoms. The molecular weight excluding hydrogens is 334 g/mol. The fourth-order valence-corrected chi connectivity index (χ4v) is 3.13. The summed E-state index contributed by atoms with van der Waals surface area (Å²) in [5.74, 6) is -1.65. The summed E-state index contributed by atoms with van der Waals surface area (Å²) in [4.78, 5) is 21.8. The van der Waals surface area contributed by atoms with Gasteiger partial charge < -0.3 is 20.6 Å². The molecule has 2 unspecified atom stereocenters. The predicted molar refractivity (Wildman–Crippen MR) is 103 cm³/mol. The highest BCUT2D eigenvalue weighted by Gasteiger charge is 2.25. The third-order valence-electron chi connectivity index (χ3n) is 5.07. The van der Waals surface area contributed by atoms with Gasteiger partial charge in [-0.3, -0.25) is 9.59 Å². The maximum Gasteiger partial charge on any atom is 0.320 e. The maximum absolute atomic E-state index is 11.4. The van der Waals surface area contributed by atoms with E-state index in [9.17, 15) is 19.8 Å². The van der Waals surface area contributed by atoms with Crippen LogP contribution in [-0.2, 0) is 9.59 Å². The third-order valence-corrected chi connectivity index (χ3v) is 5.07. The first-order valence-electron chi connectivity index (χ1n) is 10.2. The van der Waals surface area contributed by atoms with E-state index < -0.39 is 23.6 Å². The number of unbranched alkanes of at least 4 members (excludes halogenated alkanes) is 6. The summed E-state index contributed by atoms with van der Waals surface area (Å²) < 4.78 is 0. The Morgan fingerprint density at radius 3 is 2.15 bits per heavy atom. The predicted octanol–water partition coefficient (Wildman–Crippen LogP) is 3.96. The van der Waals surface area contributed by atoms with Crippen molar-refractivity contribution in [3.8, 4) is 0 Å². The van der Waals surface area contributed by atoms with Crippen LogP contribution >= 0.6 is 0 Å². The molecule has 0 saturated heterocycles. The highest BCUT2D eigenvalue weighted by atomic mass is 16.4. The highest BCUT2D eigenvalue weighted by molar-refractivity contribution is 5.73.